The first-order chi connectivity index (χ1) is 14.0. The molecule has 2 aromatic rings. The van der Waals surface area contributed by atoms with Crippen molar-refractivity contribution >= 4 is 17.4 Å². The highest BCUT2D eigenvalue weighted by molar-refractivity contribution is 6.46. The van der Waals surface area contributed by atoms with E-state index in [1.54, 1.807) is 49.6 Å². The van der Waals surface area contributed by atoms with Crippen LogP contribution in [0.4, 0.5) is 0 Å². The third-order valence-corrected chi connectivity index (χ3v) is 4.85. The van der Waals surface area contributed by atoms with Crippen LogP contribution >= 0.6 is 0 Å². The SMILES string of the molecule is CCCN1C(=O)C(=O)/C(=C(\O)c2ccccc2)C1c1ccc(OC)c(OCC)c1. The zero-order chi connectivity index (χ0) is 21.0. The summed E-state index contributed by atoms with van der Waals surface area (Å²) in [7, 11) is 1.55. The van der Waals surface area contributed by atoms with Gasteiger partial charge in [-0.15, -0.1) is 0 Å². The van der Waals surface area contributed by atoms with Crippen molar-refractivity contribution in [3.8, 4) is 11.5 Å². The van der Waals surface area contributed by atoms with Crippen LogP contribution in [-0.4, -0.2) is 42.0 Å². The Morgan fingerprint density at radius 3 is 2.41 bits per heavy atom. The minimum atomic E-state index is -0.694. The van der Waals surface area contributed by atoms with E-state index in [1.807, 2.05) is 19.9 Å². The molecule has 0 radical (unpaired) electrons. The van der Waals surface area contributed by atoms with Gasteiger partial charge in [0.05, 0.1) is 25.3 Å². The van der Waals surface area contributed by atoms with Crippen molar-refractivity contribution in [2.24, 2.45) is 0 Å². The van der Waals surface area contributed by atoms with Gasteiger partial charge in [0.15, 0.2) is 11.5 Å². The molecule has 0 aromatic heterocycles. The maximum absolute atomic E-state index is 12.9. The molecule has 1 heterocycles. The van der Waals surface area contributed by atoms with Crippen LogP contribution in [0.1, 0.15) is 37.4 Å². The van der Waals surface area contributed by atoms with Crippen LogP contribution in [0.5, 0.6) is 11.5 Å². The molecule has 152 valence electrons. The second-order valence-electron chi connectivity index (χ2n) is 6.70. The number of likely N-dealkylation sites (tertiary alicyclic amines) is 1. The van der Waals surface area contributed by atoms with Gasteiger partial charge >= 0.3 is 0 Å². The Morgan fingerprint density at radius 2 is 1.79 bits per heavy atom. The molecule has 1 unspecified atom stereocenters. The first kappa shape index (κ1) is 20.5. The maximum Gasteiger partial charge on any atom is 0.295 e. The third-order valence-electron chi connectivity index (χ3n) is 4.85. The first-order valence-corrected chi connectivity index (χ1v) is 9.68. The van der Waals surface area contributed by atoms with Crippen molar-refractivity contribution in [3.63, 3.8) is 0 Å². The molecule has 3 rings (SSSR count). The minimum absolute atomic E-state index is 0.0854. The fraction of sp³-hybridized carbons (Fsp3) is 0.304. The summed E-state index contributed by atoms with van der Waals surface area (Å²) in [5.74, 6) is -0.386. The lowest BCUT2D eigenvalue weighted by molar-refractivity contribution is -0.139. The molecule has 0 bridgehead atoms. The van der Waals surface area contributed by atoms with E-state index in [4.69, 9.17) is 9.47 Å². The molecule has 0 aliphatic carbocycles. The molecule has 0 saturated carbocycles. The molecule has 6 nitrogen and oxygen atoms in total. The number of hydrogen-bond acceptors (Lipinski definition) is 5. The summed E-state index contributed by atoms with van der Waals surface area (Å²) >= 11 is 0. The van der Waals surface area contributed by atoms with Crippen molar-refractivity contribution in [3.05, 3.63) is 65.2 Å². The molecule has 0 spiro atoms. The Kier molecular flexibility index (Phi) is 6.22. The molecule has 2 aromatic carbocycles. The predicted molar refractivity (Wildman–Crippen MR) is 110 cm³/mol. The van der Waals surface area contributed by atoms with E-state index < -0.39 is 17.7 Å². The van der Waals surface area contributed by atoms with Gasteiger partial charge in [-0.25, -0.2) is 0 Å². The number of Topliss-reactive ketones (excluding diaryl/α,β-unsaturated/α-hetero) is 1. The zero-order valence-corrected chi connectivity index (χ0v) is 16.8. The summed E-state index contributed by atoms with van der Waals surface area (Å²) in [4.78, 5) is 27.1. The molecular weight excluding hydrogens is 370 g/mol. The number of benzene rings is 2. The average molecular weight is 395 g/mol. The second kappa shape index (κ2) is 8.82. The Balaban J connectivity index is 2.19. The standard InChI is InChI=1S/C23H25NO5/c1-4-13-24-20(16-11-12-17(28-3)18(14-16)29-5-2)19(22(26)23(24)27)21(25)15-9-7-6-8-10-15/h6-12,14,20,25H,4-5,13H2,1-3H3/b21-19-. The van der Waals surface area contributed by atoms with E-state index >= 15 is 0 Å². The monoisotopic (exact) mass is 395 g/mol. The van der Waals surface area contributed by atoms with Crippen LogP contribution in [0.15, 0.2) is 54.1 Å². The summed E-state index contributed by atoms with van der Waals surface area (Å²) in [6, 6.07) is 13.4. The van der Waals surface area contributed by atoms with Crippen molar-refractivity contribution in [2.45, 2.75) is 26.3 Å². The Hall–Kier alpha value is -3.28. The van der Waals surface area contributed by atoms with E-state index in [0.717, 1.165) is 0 Å². The number of ether oxygens (including phenoxy) is 2. The number of hydrogen-bond donors (Lipinski definition) is 1. The number of nitrogens with zero attached hydrogens (tertiary/aromatic N) is 1. The molecule has 1 amide bonds. The number of aliphatic hydroxyl groups excluding tert-OH is 1. The zero-order valence-electron chi connectivity index (χ0n) is 16.8. The fourth-order valence-electron chi connectivity index (χ4n) is 3.58. The van der Waals surface area contributed by atoms with Crippen LogP contribution in [0, 0.1) is 0 Å². The van der Waals surface area contributed by atoms with Gasteiger partial charge in [0, 0.05) is 12.1 Å². The van der Waals surface area contributed by atoms with Gasteiger partial charge in [-0.2, -0.15) is 0 Å². The highest BCUT2D eigenvalue weighted by Gasteiger charge is 2.45. The highest BCUT2D eigenvalue weighted by atomic mass is 16.5. The number of methoxy groups -OCH3 is 1. The third kappa shape index (κ3) is 3.83. The summed E-state index contributed by atoms with van der Waals surface area (Å²) in [6.45, 7) is 4.65. The van der Waals surface area contributed by atoms with Gasteiger partial charge in [0.25, 0.3) is 11.7 Å². The minimum Gasteiger partial charge on any atom is -0.507 e. The maximum atomic E-state index is 12.9. The van der Waals surface area contributed by atoms with Gasteiger partial charge < -0.3 is 19.5 Å². The van der Waals surface area contributed by atoms with Crippen LogP contribution in [-0.2, 0) is 9.59 Å². The summed E-state index contributed by atoms with van der Waals surface area (Å²) in [5, 5.41) is 10.9. The molecule has 1 aliphatic rings. The van der Waals surface area contributed by atoms with Crippen molar-refractivity contribution in [1.29, 1.82) is 0 Å². The molecule has 1 N–H and O–H groups in total. The van der Waals surface area contributed by atoms with Crippen LogP contribution in [0.3, 0.4) is 0 Å². The van der Waals surface area contributed by atoms with E-state index in [9.17, 15) is 14.7 Å². The molecule has 1 atom stereocenters. The van der Waals surface area contributed by atoms with Crippen molar-refractivity contribution < 1.29 is 24.2 Å². The van der Waals surface area contributed by atoms with Crippen molar-refractivity contribution in [2.75, 3.05) is 20.3 Å². The van der Waals surface area contributed by atoms with Gasteiger partial charge in [-0.3, -0.25) is 9.59 Å². The van der Waals surface area contributed by atoms with Crippen molar-refractivity contribution in [1.82, 2.24) is 4.90 Å². The average Bonchev–Trinajstić information content (AvgIpc) is 2.99. The second-order valence-corrected chi connectivity index (χ2v) is 6.70. The lowest BCUT2D eigenvalue weighted by atomic mass is 9.95. The number of amides is 1. The summed E-state index contributed by atoms with van der Waals surface area (Å²) in [5.41, 5.74) is 1.26. The van der Waals surface area contributed by atoms with Gasteiger partial charge in [0.2, 0.25) is 0 Å². The normalized spacial score (nSPS) is 18.2. The Labute approximate surface area is 170 Å². The van der Waals surface area contributed by atoms with E-state index in [0.29, 0.717) is 42.2 Å². The Bertz CT molecular complexity index is 936. The molecule has 1 aliphatic heterocycles. The predicted octanol–water partition coefficient (Wildman–Crippen LogP) is 3.93. The molecular formula is C23H25NO5. The fourth-order valence-corrected chi connectivity index (χ4v) is 3.58. The number of carbonyl (C=O) groups excluding carboxylic acids is 2. The molecule has 1 fully saturated rings. The summed E-state index contributed by atoms with van der Waals surface area (Å²) < 4.78 is 11.0. The van der Waals surface area contributed by atoms with E-state index in [-0.39, 0.29) is 11.3 Å². The lowest BCUT2D eigenvalue weighted by Crippen LogP contribution is -2.30. The van der Waals surface area contributed by atoms with Crippen LogP contribution < -0.4 is 9.47 Å². The van der Waals surface area contributed by atoms with E-state index in [1.165, 1.54) is 4.90 Å². The topological polar surface area (TPSA) is 76.1 Å². The molecule has 6 heteroatoms. The van der Waals surface area contributed by atoms with Crippen LogP contribution in [0.25, 0.3) is 5.76 Å². The van der Waals surface area contributed by atoms with Gasteiger partial charge in [-0.05, 0) is 31.0 Å². The highest BCUT2D eigenvalue weighted by Crippen LogP contribution is 2.42. The number of carbonyl (C=O) groups is 2. The van der Waals surface area contributed by atoms with Gasteiger partial charge in [0.1, 0.15) is 5.76 Å². The largest absolute Gasteiger partial charge is 0.507 e. The number of rotatable bonds is 7. The molecule has 1 saturated heterocycles. The smallest absolute Gasteiger partial charge is 0.295 e. The Morgan fingerprint density at radius 1 is 1.07 bits per heavy atom. The summed E-state index contributed by atoms with van der Waals surface area (Å²) in [6.07, 6.45) is 0.684. The molecule has 29 heavy (non-hydrogen) atoms. The van der Waals surface area contributed by atoms with E-state index in [2.05, 4.69) is 0 Å². The lowest BCUT2D eigenvalue weighted by Gasteiger charge is -2.25. The quantitative estimate of drug-likeness (QED) is 0.437. The number of ketones is 1. The van der Waals surface area contributed by atoms with Gasteiger partial charge in [-0.1, -0.05) is 43.3 Å². The first-order valence-electron chi connectivity index (χ1n) is 9.68. The van der Waals surface area contributed by atoms with Crippen LogP contribution in [0.2, 0.25) is 0 Å². The number of aliphatic hydroxyl groups is 1.